The van der Waals surface area contributed by atoms with E-state index in [1.807, 2.05) is 36.4 Å². The highest BCUT2D eigenvalue weighted by atomic mass is 16.5. The fourth-order valence-corrected chi connectivity index (χ4v) is 2.23. The highest BCUT2D eigenvalue weighted by Gasteiger charge is 2.13. The van der Waals surface area contributed by atoms with Crippen LogP contribution < -0.4 is 19.5 Å². The second-order valence-electron chi connectivity index (χ2n) is 5.02. The number of anilines is 2. The molecular weight excluding hydrogens is 322 g/mol. The average molecular weight is 343 g/mol. The first-order chi connectivity index (χ1) is 12.1. The van der Waals surface area contributed by atoms with Crippen molar-refractivity contribution in [2.45, 2.75) is 0 Å². The van der Waals surface area contributed by atoms with Crippen molar-refractivity contribution in [3.63, 3.8) is 0 Å². The molecule has 2 rings (SSSR count). The number of ether oxygens (including phenoxy) is 4. The molecule has 0 amide bonds. The number of rotatable bonds is 7. The van der Waals surface area contributed by atoms with E-state index in [-0.39, 0.29) is 5.97 Å². The molecule has 0 radical (unpaired) electrons. The van der Waals surface area contributed by atoms with Crippen molar-refractivity contribution < 1.29 is 23.7 Å². The van der Waals surface area contributed by atoms with Crippen molar-refractivity contribution in [2.75, 3.05) is 33.8 Å². The van der Waals surface area contributed by atoms with Crippen LogP contribution in [0.5, 0.6) is 17.2 Å². The smallest absolute Gasteiger partial charge is 0.330 e. The lowest BCUT2D eigenvalue weighted by molar-refractivity contribution is -0.134. The molecule has 0 aliphatic heterocycles. The SMILES string of the molecule is COC(=O)C=Cc1ccc(Nc2cc(OC)c(OC)c(OC)c2)cc1. The van der Waals surface area contributed by atoms with Gasteiger partial charge in [-0.05, 0) is 23.8 Å². The Morgan fingerprint density at radius 3 is 1.96 bits per heavy atom. The molecule has 0 aromatic heterocycles. The van der Waals surface area contributed by atoms with Crippen molar-refractivity contribution in [3.8, 4) is 17.2 Å². The fraction of sp³-hybridized carbons (Fsp3) is 0.211. The summed E-state index contributed by atoms with van der Waals surface area (Å²) < 4.78 is 20.6. The summed E-state index contributed by atoms with van der Waals surface area (Å²) in [5, 5.41) is 3.28. The Labute approximate surface area is 147 Å². The number of carbonyl (C=O) groups is 1. The Balaban J connectivity index is 2.19. The van der Waals surface area contributed by atoms with Crippen LogP contribution in [-0.4, -0.2) is 34.4 Å². The van der Waals surface area contributed by atoms with Crippen molar-refractivity contribution in [1.29, 1.82) is 0 Å². The lowest BCUT2D eigenvalue weighted by atomic mass is 10.2. The number of carbonyl (C=O) groups excluding carboxylic acids is 1. The third-order valence-electron chi connectivity index (χ3n) is 3.48. The molecule has 0 saturated carbocycles. The van der Waals surface area contributed by atoms with Crippen LogP contribution >= 0.6 is 0 Å². The van der Waals surface area contributed by atoms with Gasteiger partial charge in [-0.2, -0.15) is 0 Å². The summed E-state index contributed by atoms with van der Waals surface area (Å²) in [4.78, 5) is 11.1. The minimum absolute atomic E-state index is 0.389. The molecule has 25 heavy (non-hydrogen) atoms. The van der Waals surface area contributed by atoms with Crippen LogP contribution in [0.1, 0.15) is 5.56 Å². The minimum atomic E-state index is -0.389. The van der Waals surface area contributed by atoms with E-state index >= 15 is 0 Å². The minimum Gasteiger partial charge on any atom is -0.493 e. The second kappa shape index (κ2) is 8.63. The quantitative estimate of drug-likeness (QED) is 0.611. The molecule has 6 nitrogen and oxygen atoms in total. The van der Waals surface area contributed by atoms with Crippen molar-refractivity contribution in [1.82, 2.24) is 0 Å². The summed E-state index contributed by atoms with van der Waals surface area (Å²) in [6, 6.07) is 11.2. The first-order valence-corrected chi connectivity index (χ1v) is 7.54. The molecule has 0 heterocycles. The van der Waals surface area contributed by atoms with Crippen molar-refractivity contribution in [2.24, 2.45) is 0 Å². The number of benzene rings is 2. The van der Waals surface area contributed by atoms with Crippen LogP contribution in [0.2, 0.25) is 0 Å². The molecule has 0 fully saturated rings. The maximum atomic E-state index is 11.1. The van der Waals surface area contributed by atoms with E-state index < -0.39 is 0 Å². The molecular formula is C19H21NO5. The summed E-state index contributed by atoms with van der Waals surface area (Å²) in [6.45, 7) is 0. The predicted octanol–water partition coefficient (Wildman–Crippen LogP) is 3.64. The zero-order valence-corrected chi connectivity index (χ0v) is 14.7. The summed E-state index contributed by atoms with van der Waals surface area (Å²) >= 11 is 0. The summed E-state index contributed by atoms with van der Waals surface area (Å²) in [5.74, 6) is 1.29. The molecule has 0 saturated heterocycles. The standard InChI is InChI=1S/C19H21NO5/c1-22-16-11-15(12-17(23-2)19(16)25-4)20-14-8-5-13(6-9-14)7-10-18(21)24-3/h5-12,20H,1-4H3. The Morgan fingerprint density at radius 1 is 0.880 bits per heavy atom. The molecule has 0 aliphatic carbocycles. The van der Waals surface area contributed by atoms with Crippen LogP contribution in [0.25, 0.3) is 6.08 Å². The highest BCUT2D eigenvalue weighted by molar-refractivity contribution is 5.87. The predicted molar refractivity (Wildman–Crippen MR) is 96.9 cm³/mol. The monoisotopic (exact) mass is 343 g/mol. The molecule has 2 aromatic rings. The van der Waals surface area contributed by atoms with Gasteiger partial charge in [0.1, 0.15) is 0 Å². The summed E-state index contributed by atoms with van der Waals surface area (Å²) in [7, 11) is 6.05. The van der Waals surface area contributed by atoms with E-state index in [0.717, 1.165) is 16.9 Å². The Morgan fingerprint density at radius 2 is 1.48 bits per heavy atom. The molecule has 2 aromatic carbocycles. The fourth-order valence-electron chi connectivity index (χ4n) is 2.23. The number of methoxy groups -OCH3 is 4. The van der Waals surface area contributed by atoms with E-state index in [4.69, 9.17) is 14.2 Å². The van der Waals surface area contributed by atoms with Gasteiger partial charge in [0.2, 0.25) is 5.75 Å². The van der Waals surface area contributed by atoms with Crippen molar-refractivity contribution in [3.05, 3.63) is 48.0 Å². The van der Waals surface area contributed by atoms with Crippen LogP contribution in [0.4, 0.5) is 11.4 Å². The molecule has 0 bridgehead atoms. The molecule has 1 N–H and O–H groups in total. The lowest BCUT2D eigenvalue weighted by Gasteiger charge is -2.15. The van der Waals surface area contributed by atoms with Crippen LogP contribution in [-0.2, 0) is 9.53 Å². The van der Waals surface area contributed by atoms with Gasteiger partial charge in [-0.1, -0.05) is 12.1 Å². The lowest BCUT2D eigenvalue weighted by Crippen LogP contribution is -1.98. The molecule has 0 atom stereocenters. The number of esters is 1. The normalized spacial score (nSPS) is 10.4. The van der Waals surface area contributed by atoms with E-state index in [0.29, 0.717) is 17.2 Å². The van der Waals surface area contributed by atoms with Gasteiger partial charge in [0, 0.05) is 29.6 Å². The molecule has 6 heteroatoms. The first-order valence-electron chi connectivity index (χ1n) is 7.54. The number of hydrogen-bond donors (Lipinski definition) is 1. The third-order valence-corrected chi connectivity index (χ3v) is 3.48. The molecule has 132 valence electrons. The van der Waals surface area contributed by atoms with Gasteiger partial charge in [0.05, 0.1) is 28.4 Å². The average Bonchev–Trinajstić information content (AvgIpc) is 2.66. The van der Waals surface area contributed by atoms with Crippen molar-refractivity contribution >= 4 is 23.4 Å². The molecule has 0 unspecified atom stereocenters. The Kier molecular flexibility index (Phi) is 6.28. The Bertz CT molecular complexity index is 728. The van der Waals surface area contributed by atoms with Crippen LogP contribution in [0, 0.1) is 0 Å². The van der Waals surface area contributed by atoms with Gasteiger partial charge in [0.15, 0.2) is 11.5 Å². The summed E-state index contributed by atoms with van der Waals surface area (Å²) in [6.07, 6.45) is 3.07. The number of hydrogen-bond acceptors (Lipinski definition) is 6. The number of nitrogens with one attached hydrogen (secondary N) is 1. The molecule has 0 aliphatic rings. The largest absolute Gasteiger partial charge is 0.493 e. The van der Waals surface area contributed by atoms with Gasteiger partial charge in [-0.15, -0.1) is 0 Å². The Hall–Kier alpha value is -3.15. The highest BCUT2D eigenvalue weighted by Crippen LogP contribution is 2.40. The van der Waals surface area contributed by atoms with Gasteiger partial charge < -0.3 is 24.3 Å². The summed E-state index contributed by atoms with van der Waals surface area (Å²) in [5.41, 5.74) is 2.57. The molecule has 0 spiro atoms. The van der Waals surface area contributed by atoms with Gasteiger partial charge >= 0.3 is 5.97 Å². The van der Waals surface area contributed by atoms with Crippen LogP contribution in [0.3, 0.4) is 0 Å². The second-order valence-corrected chi connectivity index (χ2v) is 5.02. The van der Waals surface area contributed by atoms with Gasteiger partial charge in [0.25, 0.3) is 0 Å². The van der Waals surface area contributed by atoms with Crippen LogP contribution in [0.15, 0.2) is 42.5 Å². The van der Waals surface area contributed by atoms with E-state index in [9.17, 15) is 4.79 Å². The van der Waals surface area contributed by atoms with E-state index in [1.54, 1.807) is 27.4 Å². The van der Waals surface area contributed by atoms with E-state index in [1.165, 1.54) is 13.2 Å². The van der Waals surface area contributed by atoms with E-state index in [2.05, 4.69) is 10.1 Å². The zero-order chi connectivity index (χ0) is 18.2. The maximum Gasteiger partial charge on any atom is 0.330 e. The maximum absolute atomic E-state index is 11.1. The van der Waals surface area contributed by atoms with Gasteiger partial charge in [-0.25, -0.2) is 4.79 Å². The zero-order valence-electron chi connectivity index (χ0n) is 14.7. The first kappa shape index (κ1) is 18.2. The topological polar surface area (TPSA) is 66.0 Å². The van der Waals surface area contributed by atoms with Gasteiger partial charge in [-0.3, -0.25) is 0 Å². The third kappa shape index (κ3) is 4.67.